The van der Waals surface area contributed by atoms with E-state index in [4.69, 9.17) is 9.47 Å². The lowest BCUT2D eigenvalue weighted by molar-refractivity contribution is -0.116. The molecule has 11 nitrogen and oxygen atoms in total. The van der Waals surface area contributed by atoms with Gasteiger partial charge in [-0.2, -0.15) is 0 Å². The molecule has 4 amide bonds. The van der Waals surface area contributed by atoms with Gasteiger partial charge in [0.1, 0.15) is 16.3 Å². The predicted molar refractivity (Wildman–Crippen MR) is 217 cm³/mol. The Labute approximate surface area is 329 Å². The molecule has 0 saturated carbocycles. The molecular weight excluding hydrogens is 737 g/mol. The summed E-state index contributed by atoms with van der Waals surface area (Å²) < 4.78 is 11.0. The van der Waals surface area contributed by atoms with E-state index in [1.165, 1.54) is 23.1 Å². The van der Waals surface area contributed by atoms with Gasteiger partial charge in [-0.3, -0.25) is 14.4 Å². The number of hydrogen-bond acceptors (Lipinski definition) is 9. The highest BCUT2D eigenvalue weighted by atomic mass is 32.2. The van der Waals surface area contributed by atoms with Crippen LogP contribution >= 0.6 is 23.1 Å². The van der Waals surface area contributed by atoms with Crippen molar-refractivity contribution in [1.82, 2.24) is 10.2 Å². The summed E-state index contributed by atoms with van der Waals surface area (Å²) in [7, 11) is 0. The second kappa shape index (κ2) is 18.3. The third kappa shape index (κ3) is 11.1. The highest BCUT2D eigenvalue weighted by molar-refractivity contribution is 8.00. The average molecular weight is 783 g/mol. The van der Waals surface area contributed by atoms with Gasteiger partial charge in [0.15, 0.2) is 0 Å². The highest BCUT2D eigenvalue weighted by Crippen LogP contribution is 2.39. The third-order valence-corrected chi connectivity index (χ3v) is 10.8. The number of nitrogens with one attached hydrogen (secondary N) is 3. The van der Waals surface area contributed by atoms with Crippen LogP contribution in [0.5, 0.6) is 0 Å². The Bertz CT molecular complexity index is 2090. The van der Waals surface area contributed by atoms with Crippen LogP contribution in [-0.4, -0.2) is 58.7 Å². The molecule has 3 aromatic carbocycles. The molecule has 1 aromatic heterocycles. The number of thioether (sulfide) groups is 1. The minimum atomic E-state index is -0.651. The Hall–Kier alpha value is -5.40. The van der Waals surface area contributed by atoms with Gasteiger partial charge in [-0.15, -0.1) is 23.1 Å². The summed E-state index contributed by atoms with van der Waals surface area (Å²) in [6.07, 6.45) is 2.07. The number of fused-ring (bicyclic) bond motifs is 1. The molecular formula is C42H46N4O7S2. The van der Waals surface area contributed by atoms with Crippen LogP contribution < -0.4 is 16.0 Å². The zero-order valence-corrected chi connectivity index (χ0v) is 33.5. The summed E-state index contributed by atoms with van der Waals surface area (Å²) in [6.45, 7) is 11.8. The quantitative estimate of drug-likeness (QED) is 0.0739. The van der Waals surface area contributed by atoms with Gasteiger partial charge in [-0.05, 0) is 95.0 Å². The van der Waals surface area contributed by atoms with Crippen LogP contribution in [0.25, 0.3) is 6.08 Å². The van der Waals surface area contributed by atoms with Crippen LogP contribution in [0.4, 0.5) is 15.5 Å². The van der Waals surface area contributed by atoms with Gasteiger partial charge < -0.3 is 30.3 Å². The van der Waals surface area contributed by atoms with E-state index in [2.05, 4.69) is 16.0 Å². The lowest BCUT2D eigenvalue weighted by Crippen LogP contribution is -2.39. The summed E-state index contributed by atoms with van der Waals surface area (Å²) in [6, 6.07) is 23.3. The maximum atomic E-state index is 13.8. The summed E-state index contributed by atoms with van der Waals surface area (Å²) in [5.74, 6) is -1.77. The Morgan fingerprint density at radius 1 is 0.945 bits per heavy atom. The number of nitrogens with zero attached hydrogens (tertiary/aromatic N) is 1. The predicted octanol–water partition coefficient (Wildman–Crippen LogP) is 8.45. The Morgan fingerprint density at radius 2 is 1.69 bits per heavy atom. The summed E-state index contributed by atoms with van der Waals surface area (Å²) >= 11 is 2.58. The SMILES string of the molecule is CCOC(=O)c1c(NC(=O)C(CC)Sc2cccc(NC(=O)/C(=C\c3cccc(C)c3)NC(=O)c3ccccc3)c2)sc2c1CCN(C(=O)OC(C)(C)C)C2. The first-order chi connectivity index (χ1) is 26.2. The number of hydrogen-bond donors (Lipinski definition) is 3. The van der Waals surface area contributed by atoms with Gasteiger partial charge in [-0.1, -0.05) is 61.0 Å². The number of ether oxygens (including phenoxy) is 2. The Kier molecular flexibility index (Phi) is 13.6. The zero-order chi connectivity index (χ0) is 39.7. The van der Waals surface area contributed by atoms with Crippen molar-refractivity contribution in [2.24, 2.45) is 0 Å². The van der Waals surface area contributed by atoms with Gasteiger partial charge in [0.2, 0.25) is 5.91 Å². The molecule has 1 aliphatic rings. The smallest absolute Gasteiger partial charge is 0.410 e. The summed E-state index contributed by atoms with van der Waals surface area (Å²) in [5.41, 5.74) is 3.12. The molecule has 1 atom stereocenters. The van der Waals surface area contributed by atoms with E-state index >= 15 is 0 Å². The van der Waals surface area contributed by atoms with Crippen molar-refractivity contribution in [2.45, 2.75) is 76.7 Å². The average Bonchev–Trinajstić information content (AvgIpc) is 3.50. The second-order valence-electron chi connectivity index (χ2n) is 13.9. The topological polar surface area (TPSA) is 143 Å². The number of amides is 4. The van der Waals surface area contributed by atoms with Crippen molar-refractivity contribution in [3.8, 4) is 0 Å². The lowest BCUT2D eigenvalue weighted by atomic mass is 10.0. The van der Waals surface area contributed by atoms with Gasteiger partial charge in [0.25, 0.3) is 11.8 Å². The number of esters is 1. The molecule has 0 saturated heterocycles. The first-order valence-electron chi connectivity index (χ1n) is 18.1. The van der Waals surface area contributed by atoms with Crippen molar-refractivity contribution in [3.63, 3.8) is 0 Å². The normalized spacial score (nSPS) is 13.3. The van der Waals surface area contributed by atoms with Gasteiger partial charge in [-0.25, -0.2) is 9.59 Å². The molecule has 1 aliphatic heterocycles. The van der Waals surface area contributed by atoms with Crippen LogP contribution in [-0.2, 0) is 32.0 Å². The maximum absolute atomic E-state index is 13.8. The van der Waals surface area contributed by atoms with E-state index in [9.17, 15) is 24.0 Å². The molecule has 5 rings (SSSR count). The van der Waals surface area contributed by atoms with Gasteiger partial charge in [0, 0.05) is 27.6 Å². The molecule has 0 fully saturated rings. The zero-order valence-electron chi connectivity index (χ0n) is 31.8. The first-order valence-corrected chi connectivity index (χ1v) is 19.8. The number of thiophene rings is 1. The molecule has 1 unspecified atom stereocenters. The molecule has 0 bridgehead atoms. The van der Waals surface area contributed by atoms with Crippen molar-refractivity contribution < 1.29 is 33.4 Å². The Balaban J connectivity index is 1.32. The van der Waals surface area contributed by atoms with Gasteiger partial charge in [0.05, 0.1) is 24.0 Å². The van der Waals surface area contributed by atoms with Crippen molar-refractivity contribution >= 4 is 69.6 Å². The molecule has 288 valence electrons. The molecule has 2 heterocycles. The van der Waals surface area contributed by atoms with E-state index in [0.717, 1.165) is 26.5 Å². The van der Waals surface area contributed by atoms with E-state index in [0.29, 0.717) is 41.2 Å². The molecule has 0 aliphatic carbocycles. The number of benzene rings is 3. The largest absolute Gasteiger partial charge is 0.462 e. The molecule has 0 spiro atoms. The monoisotopic (exact) mass is 782 g/mol. The minimum Gasteiger partial charge on any atom is -0.462 e. The van der Waals surface area contributed by atoms with E-state index < -0.39 is 34.7 Å². The Morgan fingerprint density at radius 3 is 2.38 bits per heavy atom. The standard InChI is InChI=1S/C42H46N4O7S2/c1-7-33(38(49)45-39-35(40(50)52-8-2)31-20-21-46(25-34(31)55-39)41(51)53-42(4,5)6)54-30-19-13-18-29(24-30)43-37(48)32(23-27-15-12-14-26(3)22-27)44-36(47)28-16-10-9-11-17-28/h9-19,22-24,33H,7-8,20-21,25H2,1-6H3,(H,43,48)(H,44,47)(H,45,49)/b32-23+. The van der Waals surface area contributed by atoms with Crippen molar-refractivity contribution in [1.29, 1.82) is 0 Å². The molecule has 3 N–H and O–H groups in total. The van der Waals surface area contributed by atoms with Crippen LogP contribution in [0.15, 0.2) is 89.5 Å². The number of aryl methyl sites for hydroxylation is 1. The number of carbonyl (C=O) groups excluding carboxylic acids is 5. The van der Waals surface area contributed by atoms with E-state index in [1.807, 2.05) is 71.0 Å². The first kappa shape index (κ1) is 40.8. The fourth-order valence-electron chi connectivity index (χ4n) is 5.79. The van der Waals surface area contributed by atoms with Crippen LogP contribution in [0.1, 0.15) is 83.3 Å². The lowest BCUT2D eigenvalue weighted by Gasteiger charge is -2.30. The number of rotatable bonds is 12. The summed E-state index contributed by atoms with van der Waals surface area (Å²) in [5, 5.41) is 8.47. The van der Waals surface area contributed by atoms with E-state index in [-0.39, 0.29) is 24.8 Å². The third-order valence-electron chi connectivity index (χ3n) is 8.34. The van der Waals surface area contributed by atoms with Crippen LogP contribution in [0.2, 0.25) is 0 Å². The van der Waals surface area contributed by atoms with Crippen LogP contribution in [0, 0.1) is 6.92 Å². The van der Waals surface area contributed by atoms with E-state index in [1.54, 1.807) is 60.4 Å². The van der Waals surface area contributed by atoms with Crippen molar-refractivity contribution in [3.05, 3.63) is 117 Å². The molecule has 13 heteroatoms. The second-order valence-corrected chi connectivity index (χ2v) is 16.2. The molecule has 4 aromatic rings. The number of anilines is 2. The summed E-state index contributed by atoms with van der Waals surface area (Å²) in [4.78, 5) is 69.7. The maximum Gasteiger partial charge on any atom is 0.410 e. The molecule has 0 radical (unpaired) electrons. The minimum absolute atomic E-state index is 0.0635. The highest BCUT2D eigenvalue weighted by Gasteiger charge is 2.33. The van der Waals surface area contributed by atoms with Gasteiger partial charge >= 0.3 is 12.1 Å². The van der Waals surface area contributed by atoms with Crippen LogP contribution in [0.3, 0.4) is 0 Å². The molecule has 55 heavy (non-hydrogen) atoms. The van der Waals surface area contributed by atoms with Crippen molar-refractivity contribution in [2.75, 3.05) is 23.8 Å². The fraction of sp³-hybridized carbons (Fsp3) is 0.310. The fourth-order valence-corrected chi connectivity index (χ4v) is 8.05. The number of carbonyl (C=O) groups is 5.